The van der Waals surface area contributed by atoms with Gasteiger partial charge in [-0.05, 0) is 41.1 Å². The molecule has 2 N–H and O–H groups in total. The number of hydrogen-bond acceptors (Lipinski definition) is 4. The maximum absolute atomic E-state index is 12.7. The van der Waals surface area contributed by atoms with Gasteiger partial charge >= 0.3 is 0 Å². The van der Waals surface area contributed by atoms with Crippen LogP contribution < -0.4 is 14.8 Å². The Kier molecular flexibility index (Phi) is 4.81. The normalized spacial score (nSPS) is 11.2. The maximum Gasteiger partial charge on any atom is 0.261 e. The lowest BCUT2D eigenvalue weighted by atomic mass is 10.1. The number of nitrogens with one attached hydrogen (secondary N) is 2. The maximum atomic E-state index is 12.7. The molecule has 0 spiro atoms. The van der Waals surface area contributed by atoms with Crippen LogP contribution in [0.3, 0.4) is 0 Å². The number of carbonyl (C=O) groups excluding carboxylic acids is 1. The van der Waals surface area contributed by atoms with Crippen LogP contribution in [0.15, 0.2) is 65.6 Å². The molecule has 26 heavy (non-hydrogen) atoms. The second kappa shape index (κ2) is 7.05. The molecular weight excluding hydrogens is 352 g/mol. The minimum absolute atomic E-state index is 0.160. The van der Waals surface area contributed by atoms with Crippen LogP contribution in [-0.2, 0) is 14.8 Å². The standard InChI is InChI=1S/C19H18N2O4S/c1-13(22)20-18-12-16(8-10-19(18)25-2)21-26(23,24)17-9-7-14-5-3-4-6-15(14)11-17/h3-12,21H,1-2H3,(H,20,22). The highest BCUT2D eigenvalue weighted by Crippen LogP contribution is 2.29. The van der Waals surface area contributed by atoms with Gasteiger partial charge in [0.2, 0.25) is 5.91 Å². The predicted octanol–water partition coefficient (Wildman–Crippen LogP) is 3.61. The highest BCUT2D eigenvalue weighted by Gasteiger charge is 2.16. The SMILES string of the molecule is COc1ccc(NS(=O)(=O)c2ccc3ccccc3c2)cc1NC(C)=O. The molecule has 0 unspecified atom stereocenters. The van der Waals surface area contributed by atoms with Crippen molar-refractivity contribution >= 4 is 38.1 Å². The quantitative estimate of drug-likeness (QED) is 0.719. The van der Waals surface area contributed by atoms with Crippen LogP contribution in [0.5, 0.6) is 5.75 Å². The van der Waals surface area contributed by atoms with Crippen molar-refractivity contribution in [2.75, 3.05) is 17.1 Å². The van der Waals surface area contributed by atoms with Crippen LogP contribution in [0.25, 0.3) is 10.8 Å². The van der Waals surface area contributed by atoms with E-state index in [9.17, 15) is 13.2 Å². The second-order valence-electron chi connectivity index (χ2n) is 5.71. The van der Waals surface area contributed by atoms with Gasteiger partial charge in [-0.2, -0.15) is 0 Å². The highest BCUT2D eigenvalue weighted by molar-refractivity contribution is 7.92. The Balaban J connectivity index is 1.94. The van der Waals surface area contributed by atoms with Gasteiger partial charge in [0.15, 0.2) is 0 Å². The fourth-order valence-corrected chi connectivity index (χ4v) is 3.69. The number of fused-ring (bicyclic) bond motifs is 1. The first-order valence-electron chi connectivity index (χ1n) is 7.86. The van der Waals surface area contributed by atoms with E-state index in [0.717, 1.165) is 10.8 Å². The number of benzene rings is 3. The molecule has 0 heterocycles. The molecule has 3 rings (SSSR count). The molecular formula is C19H18N2O4S. The summed E-state index contributed by atoms with van der Waals surface area (Å²) < 4.78 is 33.1. The first kappa shape index (κ1) is 17.8. The van der Waals surface area contributed by atoms with Crippen LogP contribution in [0.2, 0.25) is 0 Å². The van der Waals surface area contributed by atoms with Crippen molar-refractivity contribution in [3.63, 3.8) is 0 Å². The number of rotatable bonds is 5. The first-order valence-corrected chi connectivity index (χ1v) is 9.34. The molecule has 3 aromatic rings. The zero-order valence-electron chi connectivity index (χ0n) is 14.3. The summed E-state index contributed by atoms with van der Waals surface area (Å²) in [5.41, 5.74) is 0.710. The number of hydrogen-bond donors (Lipinski definition) is 2. The fraction of sp³-hybridized carbons (Fsp3) is 0.105. The highest BCUT2D eigenvalue weighted by atomic mass is 32.2. The zero-order valence-corrected chi connectivity index (χ0v) is 15.1. The number of sulfonamides is 1. The molecule has 1 amide bonds. The minimum atomic E-state index is -3.77. The molecule has 0 aromatic heterocycles. The topological polar surface area (TPSA) is 84.5 Å². The Hall–Kier alpha value is -3.06. The smallest absolute Gasteiger partial charge is 0.261 e. The molecule has 0 radical (unpaired) electrons. The molecule has 6 nitrogen and oxygen atoms in total. The van der Waals surface area contributed by atoms with E-state index in [1.807, 2.05) is 24.3 Å². The molecule has 0 aliphatic rings. The Labute approximate surface area is 151 Å². The third-order valence-electron chi connectivity index (χ3n) is 3.79. The van der Waals surface area contributed by atoms with Gasteiger partial charge in [0.25, 0.3) is 10.0 Å². The summed E-state index contributed by atoms with van der Waals surface area (Å²) in [4.78, 5) is 11.5. The lowest BCUT2D eigenvalue weighted by Crippen LogP contribution is -2.14. The van der Waals surface area contributed by atoms with E-state index in [4.69, 9.17) is 4.74 Å². The molecule has 0 aliphatic heterocycles. The van der Waals surface area contributed by atoms with E-state index in [2.05, 4.69) is 10.0 Å². The minimum Gasteiger partial charge on any atom is -0.495 e. The van der Waals surface area contributed by atoms with Crippen LogP contribution in [-0.4, -0.2) is 21.4 Å². The van der Waals surface area contributed by atoms with Gasteiger partial charge in [-0.1, -0.05) is 30.3 Å². The number of ether oxygens (including phenoxy) is 1. The predicted molar refractivity (Wildman–Crippen MR) is 102 cm³/mol. The molecule has 0 saturated heterocycles. The van der Waals surface area contributed by atoms with Crippen molar-refractivity contribution in [1.82, 2.24) is 0 Å². The van der Waals surface area contributed by atoms with Gasteiger partial charge in [0, 0.05) is 6.92 Å². The average molecular weight is 370 g/mol. The summed E-state index contributed by atoms with van der Waals surface area (Å²) in [6, 6.07) is 17.1. The Bertz CT molecular complexity index is 1080. The lowest BCUT2D eigenvalue weighted by molar-refractivity contribution is -0.114. The number of carbonyl (C=O) groups is 1. The van der Waals surface area contributed by atoms with Gasteiger partial charge in [-0.15, -0.1) is 0 Å². The third kappa shape index (κ3) is 3.78. The zero-order chi connectivity index (χ0) is 18.7. The van der Waals surface area contributed by atoms with E-state index < -0.39 is 10.0 Å². The van der Waals surface area contributed by atoms with E-state index in [-0.39, 0.29) is 10.8 Å². The number of methoxy groups -OCH3 is 1. The van der Waals surface area contributed by atoms with Crippen molar-refractivity contribution in [2.45, 2.75) is 11.8 Å². The van der Waals surface area contributed by atoms with Gasteiger partial charge in [-0.25, -0.2) is 8.42 Å². The lowest BCUT2D eigenvalue weighted by Gasteiger charge is -2.13. The summed E-state index contributed by atoms with van der Waals surface area (Å²) in [6.45, 7) is 1.37. The molecule has 0 fully saturated rings. The largest absolute Gasteiger partial charge is 0.495 e. The van der Waals surface area contributed by atoms with Gasteiger partial charge in [0.05, 0.1) is 23.4 Å². The summed E-state index contributed by atoms with van der Waals surface area (Å²) in [7, 11) is -2.30. The first-order chi connectivity index (χ1) is 12.4. The summed E-state index contributed by atoms with van der Waals surface area (Å²) in [5, 5.41) is 4.41. The average Bonchev–Trinajstić information content (AvgIpc) is 2.61. The molecule has 3 aromatic carbocycles. The van der Waals surface area contributed by atoms with Crippen molar-refractivity contribution in [1.29, 1.82) is 0 Å². The molecule has 0 bridgehead atoms. The third-order valence-corrected chi connectivity index (χ3v) is 5.17. The summed E-state index contributed by atoms with van der Waals surface area (Å²) >= 11 is 0. The summed E-state index contributed by atoms with van der Waals surface area (Å²) in [5.74, 6) is 0.159. The van der Waals surface area contributed by atoms with E-state index in [1.54, 1.807) is 30.3 Å². The van der Waals surface area contributed by atoms with E-state index in [1.165, 1.54) is 20.1 Å². The van der Waals surface area contributed by atoms with Crippen molar-refractivity contribution in [3.05, 3.63) is 60.7 Å². The van der Waals surface area contributed by atoms with Crippen molar-refractivity contribution in [2.24, 2.45) is 0 Å². The molecule has 134 valence electrons. The van der Waals surface area contributed by atoms with Gasteiger partial charge in [0.1, 0.15) is 5.75 Å². The molecule has 0 atom stereocenters. The second-order valence-corrected chi connectivity index (χ2v) is 7.39. The fourth-order valence-electron chi connectivity index (χ4n) is 2.61. The van der Waals surface area contributed by atoms with Crippen LogP contribution in [0.4, 0.5) is 11.4 Å². The number of anilines is 2. The van der Waals surface area contributed by atoms with Crippen molar-refractivity contribution in [3.8, 4) is 5.75 Å². The van der Waals surface area contributed by atoms with Crippen LogP contribution in [0.1, 0.15) is 6.92 Å². The molecule has 0 aliphatic carbocycles. The van der Waals surface area contributed by atoms with E-state index in [0.29, 0.717) is 17.1 Å². The Morgan fingerprint density at radius 1 is 0.962 bits per heavy atom. The number of amides is 1. The van der Waals surface area contributed by atoms with Crippen molar-refractivity contribution < 1.29 is 17.9 Å². The molecule has 0 saturated carbocycles. The monoisotopic (exact) mass is 370 g/mol. The van der Waals surface area contributed by atoms with Crippen LogP contribution >= 0.6 is 0 Å². The Morgan fingerprint density at radius 3 is 2.38 bits per heavy atom. The Morgan fingerprint density at radius 2 is 1.69 bits per heavy atom. The van der Waals surface area contributed by atoms with Gasteiger partial charge in [-0.3, -0.25) is 9.52 Å². The van der Waals surface area contributed by atoms with Crippen LogP contribution in [0, 0.1) is 0 Å². The van der Waals surface area contributed by atoms with Gasteiger partial charge < -0.3 is 10.1 Å². The molecule has 7 heteroatoms. The summed E-state index contributed by atoms with van der Waals surface area (Å²) in [6.07, 6.45) is 0. The van der Waals surface area contributed by atoms with E-state index >= 15 is 0 Å².